The minimum absolute atomic E-state index is 0.00994. The van der Waals surface area contributed by atoms with E-state index in [1.54, 1.807) is 54.8 Å². The van der Waals surface area contributed by atoms with Gasteiger partial charge in [0, 0.05) is 30.2 Å². The third-order valence-electron chi connectivity index (χ3n) is 4.80. The van der Waals surface area contributed by atoms with E-state index >= 15 is 0 Å². The van der Waals surface area contributed by atoms with Crippen LogP contribution in [0.15, 0.2) is 67.3 Å². The van der Waals surface area contributed by atoms with Crippen LogP contribution in [0.4, 0.5) is 16.3 Å². The van der Waals surface area contributed by atoms with Gasteiger partial charge in [0.25, 0.3) is 4.99 Å². The van der Waals surface area contributed by atoms with Crippen molar-refractivity contribution < 1.29 is 14.1 Å². The second-order valence-electron chi connectivity index (χ2n) is 6.77. The molecule has 3 unspecified atom stereocenters. The van der Waals surface area contributed by atoms with Crippen LogP contribution < -0.4 is 16.4 Å². The van der Waals surface area contributed by atoms with Gasteiger partial charge in [0.05, 0.1) is 12.7 Å². The molecule has 0 saturated heterocycles. The zero-order valence-electron chi connectivity index (χ0n) is 17.0. The Morgan fingerprint density at radius 2 is 2.06 bits per heavy atom. The second-order valence-corrected chi connectivity index (χ2v) is 8.81. The minimum Gasteiger partial charge on any atom is -0.613 e. The number of nitrogens with one attached hydrogen (secondary N) is 2. The number of rotatable bonds is 8. The topological polar surface area (TPSA) is 128 Å². The van der Waals surface area contributed by atoms with Gasteiger partial charge >= 0.3 is 6.03 Å². The van der Waals surface area contributed by atoms with Gasteiger partial charge in [-0.3, -0.25) is 4.90 Å². The Hall–Kier alpha value is -2.79. The fraction of sp³-hybridized carbons (Fsp3) is 0.250. The van der Waals surface area contributed by atoms with Gasteiger partial charge in [-0.25, -0.2) is 14.8 Å². The molecule has 0 saturated carbocycles. The zero-order valence-corrected chi connectivity index (χ0v) is 18.6. The standard InChI is InChI=1S/C20H23ClN6O3S/c1-30-19(10-3-4-12-27(19)18(22)28)13-20(31(2)29,26-17-9-11-23-14-24-17)25-16-7-5-15(21)6-8-16/h3-12,14,25H,13H2,1-2H3,(H2,22,28)(H,23,24,26). The van der Waals surface area contributed by atoms with E-state index in [1.807, 2.05) is 0 Å². The number of carbonyl (C=O) groups is 1. The number of methoxy groups -OCH3 is 1. The van der Waals surface area contributed by atoms with Gasteiger partial charge in [0.15, 0.2) is 5.72 Å². The van der Waals surface area contributed by atoms with Gasteiger partial charge in [-0.15, -0.1) is 0 Å². The largest absolute Gasteiger partial charge is 0.613 e. The highest BCUT2D eigenvalue weighted by Crippen LogP contribution is 2.37. The van der Waals surface area contributed by atoms with Crippen molar-refractivity contribution in [1.82, 2.24) is 14.9 Å². The van der Waals surface area contributed by atoms with Crippen molar-refractivity contribution in [2.75, 3.05) is 24.0 Å². The summed E-state index contributed by atoms with van der Waals surface area (Å²) >= 11 is 4.46. The van der Waals surface area contributed by atoms with E-state index in [2.05, 4.69) is 20.6 Å². The van der Waals surface area contributed by atoms with Crippen LogP contribution in [0.3, 0.4) is 0 Å². The van der Waals surface area contributed by atoms with Crippen LogP contribution in [-0.2, 0) is 15.9 Å². The lowest BCUT2D eigenvalue weighted by Crippen LogP contribution is -2.62. The van der Waals surface area contributed by atoms with Crippen molar-refractivity contribution in [2.24, 2.45) is 5.73 Å². The Morgan fingerprint density at radius 1 is 1.32 bits per heavy atom. The van der Waals surface area contributed by atoms with Crippen LogP contribution in [0.1, 0.15) is 6.42 Å². The van der Waals surface area contributed by atoms with E-state index < -0.39 is 27.9 Å². The Kier molecular flexibility index (Phi) is 7.06. The first-order valence-electron chi connectivity index (χ1n) is 9.22. The van der Waals surface area contributed by atoms with Crippen LogP contribution in [0.5, 0.6) is 0 Å². The molecule has 2 heterocycles. The molecule has 0 aliphatic carbocycles. The van der Waals surface area contributed by atoms with E-state index in [0.717, 1.165) is 0 Å². The Morgan fingerprint density at radius 3 is 2.65 bits per heavy atom. The summed E-state index contributed by atoms with van der Waals surface area (Å²) in [5, 5.41) is 7.06. The Bertz CT molecular complexity index is 959. The highest BCUT2D eigenvalue weighted by Gasteiger charge is 2.52. The quantitative estimate of drug-likeness (QED) is 0.406. The maximum Gasteiger partial charge on any atom is 0.321 e. The molecule has 2 amide bonds. The smallest absolute Gasteiger partial charge is 0.321 e. The monoisotopic (exact) mass is 462 g/mol. The molecule has 0 bridgehead atoms. The predicted octanol–water partition coefficient (Wildman–Crippen LogP) is 2.88. The minimum atomic E-state index is -1.56. The number of primary amides is 1. The van der Waals surface area contributed by atoms with E-state index in [0.29, 0.717) is 16.5 Å². The SMILES string of the molecule is COC1(CC(Nc2ccc(Cl)cc2)(Nc2ccncn2)[S+](C)[O-])C=CC=CN1C(N)=O. The number of ether oxygens (including phenoxy) is 1. The lowest BCUT2D eigenvalue weighted by Gasteiger charge is -2.45. The van der Waals surface area contributed by atoms with E-state index in [1.165, 1.54) is 30.8 Å². The summed E-state index contributed by atoms with van der Waals surface area (Å²) in [5.41, 5.74) is 4.94. The molecule has 2 aromatic rings. The molecular weight excluding hydrogens is 440 g/mol. The summed E-state index contributed by atoms with van der Waals surface area (Å²) < 4.78 is 19.0. The normalized spacial score (nSPS) is 20.7. The van der Waals surface area contributed by atoms with Crippen LogP contribution in [0.25, 0.3) is 0 Å². The van der Waals surface area contributed by atoms with Gasteiger partial charge in [0.1, 0.15) is 12.1 Å². The Labute approximate surface area is 188 Å². The van der Waals surface area contributed by atoms with Crippen molar-refractivity contribution in [2.45, 2.75) is 17.1 Å². The lowest BCUT2D eigenvalue weighted by molar-refractivity contribution is -0.0637. The van der Waals surface area contributed by atoms with Gasteiger partial charge in [-0.2, -0.15) is 0 Å². The zero-order chi connectivity index (χ0) is 22.5. The number of nitrogens with zero attached hydrogens (tertiary/aromatic N) is 3. The van der Waals surface area contributed by atoms with Gasteiger partial charge in [-0.05, 0) is 53.7 Å². The molecule has 1 aliphatic heterocycles. The molecule has 4 N–H and O–H groups in total. The van der Waals surface area contributed by atoms with Gasteiger partial charge in [0.2, 0.25) is 0 Å². The number of hydrogen-bond donors (Lipinski definition) is 3. The molecule has 1 aromatic carbocycles. The average molecular weight is 463 g/mol. The molecule has 3 atom stereocenters. The average Bonchev–Trinajstić information content (AvgIpc) is 2.76. The Balaban J connectivity index is 2.08. The molecule has 0 fully saturated rings. The number of aromatic nitrogens is 2. The lowest BCUT2D eigenvalue weighted by atomic mass is 10.0. The number of anilines is 2. The molecule has 11 heteroatoms. The maximum atomic E-state index is 13.2. The molecule has 3 rings (SSSR count). The molecule has 0 radical (unpaired) electrons. The summed E-state index contributed by atoms with van der Waals surface area (Å²) in [4.78, 5) is 20.2. The van der Waals surface area contributed by atoms with Gasteiger partial charge in [-0.1, -0.05) is 17.7 Å². The van der Waals surface area contributed by atoms with Crippen molar-refractivity contribution in [3.8, 4) is 0 Å². The first kappa shape index (κ1) is 22.9. The van der Waals surface area contributed by atoms with Crippen molar-refractivity contribution in [1.29, 1.82) is 0 Å². The number of nitrogens with two attached hydrogens (primary N) is 1. The fourth-order valence-electron chi connectivity index (χ4n) is 3.25. The summed E-state index contributed by atoms with van der Waals surface area (Å²) in [6, 6.07) is 7.87. The summed E-state index contributed by atoms with van der Waals surface area (Å²) in [5.74, 6) is 0.430. The second kappa shape index (κ2) is 9.56. The first-order valence-corrected chi connectivity index (χ1v) is 11.2. The van der Waals surface area contributed by atoms with Crippen molar-refractivity contribution in [3.63, 3.8) is 0 Å². The molecule has 1 aliphatic rings. The van der Waals surface area contributed by atoms with E-state index in [4.69, 9.17) is 22.1 Å². The van der Waals surface area contributed by atoms with Crippen LogP contribution in [-0.4, -0.2) is 49.5 Å². The first-order chi connectivity index (χ1) is 14.8. The van der Waals surface area contributed by atoms with E-state index in [9.17, 15) is 9.35 Å². The van der Waals surface area contributed by atoms with Crippen LogP contribution >= 0.6 is 11.6 Å². The molecule has 1 aromatic heterocycles. The summed E-state index contributed by atoms with van der Waals surface area (Å²) in [6.07, 6.45) is 11.1. The highest BCUT2D eigenvalue weighted by atomic mass is 35.5. The molecule has 164 valence electrons. The molecule has 9 nitrogen and oxygen atoms in total. The number of benzene rings is 1. The number of urea groups is 1. The molecule has 0 spiro atoms. The number of allylic oxidation sites excluding steroid dienone is 2. The number of amides is 2. The molecular formula is C20H23ClN6O3S. The number of halogens is 1. The summed E-state index contributed by atoms with van der Waals surface area (Å²) in [7, 11) is 1.45. The van der Waals surface area contributed by atoms with Gasteiger partial charge < -0.3 is 25.7 Å². The summed E-state index contributed by atoms with van der Waals surface area (Å²) in [6.45, 7) is 0. The van der Waals surface area contributed by atoms with E-state index in [-0.39, 0.29) is 6.42 Å². The van der Waals surface area contributed by atoms with Crippen LogP contribution in [0, 0.1) is 0 Å². The predicted molar refractivity (Wildman–Crippen MR) is 122 cm³/mol. The number of carbonyl (C=O) groups excluding carboxylic acids is 1. The van der Waals surface area contributed by atoms with Crippen LogP contribution in [0.2, 0.25) is 5.02 Å². The fourth-order valence-corrected chi connectivity index (χ4v) is 4.30. The maximum absolute atomic E-state index is 13.2. The van der Waals surface area contributed by atoms with Crippen molar-refractivity contribution >= 4 is 40.3 Å². The highest BCUT2D eigenvalue weighted by molar-refractivity contribution is 7.92. The number of hydrogen-bond acceptors (Lipinski definition) is 7. The third-order valence-corrected chi connectivity index (χ3v) is 6.38. The van der Waals surface area contributed by atoms with Crippen molar-refractivity contribution in [3.05, 3.63) is 72.3 Å². The molecule has 31 heavy (non-hydrogen) atoms. The third kappa shape index (κ3) is 5.10.